The highest BCUT2D eigenvalue weighted by atomic mass is 19.2. The molecule has 2 N–H and O–H groups in total. The Kier molecular flexibility index (Phi) is 14.0. The average molecular weight is 702 g/mol. The number of carbonyl (C=O) groups is 3. The van der Waals surface area contributed by atoms with Crippen molar-refractivity contribution in [3.8, 4) is 11.1 Å². The van der Waals surface area contributed by atoms with Crippen molar-refractivity contribution in [2.75, 3.05) is 41.3 Å². The van der Waals surface area contributed by atoms with Gasteiger partial charge in [0.15, 0.2) is 11.6 Å². The molecule has 3 atom stereocenters. The topological polar surface area (TPSA) is 85.0 Å². The van der Waals surface area contributed by atoms with Crippen molar-refractivity contribution in [2.24, 2.45) is 0 Å². The molecular weight excluding hydrogens is 648 g/mol. The second kappa shape index (κ2) is 18.2. The molecule has 0 saturated carbocycles. The van der Waals surface area contributed by atoms with E-state index in [0.717, 1.165) is 54.6 Å². The maximum absolute atomic E-state index is 14.5. The average Bonchev–Trinajstić information content (AvgIpc) is 3.54. The van der Waals surface area contributed by atoms with Gasteiger partial charge in [-0.2, -0.15) is 0 Å². The van der Waals surface area contributed by atoms with Crippen LogP contribution in [0.2, 0.25) is 0 Å². The lowest BCUT2D eigenvalue weighted by atomic mass is 9.98. The van der Waals surface area contributed by atoms with E-state index in [1.54, 1.807) is 13.1 Å². The number of likely N-dealkylation sites (tertiary alicyclic amines) is 1. The van der Waals surface area contributed by atoms with E-state index in [1.807, 2.05) is 75.5 Å². The van der Waals surface area contributed by atoms with E-state index in [-0.39, 0.29) is 24.3 Å². The Morgan fingerprint density at radius 1 is 0.902 bits per heavy atom. The highest BCUT2D eigenvalue weighted by Gasteiger charge is 2.35. The van der Waals surface area contributed by atoms with Crippen LogP contribution in [0.15, 0.2) is 84.9 Å². The van der Waals surface area contributed by atoms with Crippen LogP contribution in [0, 0.1) is 11.6 Å². The van der Waals surface area contributed by atoms with Crippen molar-refractivity contribution in [3.05, 3.63) is 108 Å². The van der Waals surface area contributed by atoms with Crippen molar-refractivity contribution >= 4 is 17.7 Å². The van der Waals surface area contributed by atoms with Crippen molar-refractivity contribution < 1.29 is 23.2 Å². The van der Waals surface area contributed by atoms with Crippen LogP contribution >= 0.6 is 0 Å². The van der Waals surface area contributed by atoms with E-state index < -0.39 is 35.5 Å². The lowest BCUT2D eigenvalue weighted by molar-refractivity contribution is -0.146. The summed E-state index contributed by atoms with van der Waals surface area (Å²) in [7, 11) is 7.05. The Balaban J connectivity index is 1.61. The van der Waals surface area contributed by atoms with E-state index in [1.165, 1.54) is 29.0 Å². The van der Waals surface area contributed by atoms with E-state index in [0.29, 0.717) is 24.6 Å². The Morgan fingerprint density at radius 3 is 2.18 bits per heavy atom. The number of likely N-dealkylation sites (N-methyl/N-ethyl adjacent to an activating group) is 2. The van der Waals surface area contributed by atoms with Crippen molar-refractivity contribution in [1.82, 2.24) is 25.3 Å². The van der Waals surface area contributed by atoms with Crippen LogP contribution in [0.1, 0.15) is 50.7 Å². The molecule has 4 rings (SSSR count). The Morgan fingerprint density at radius 2 is 1.55 bits per heavy atom. The van der Waals surface area contributed by atoms with Gasteiger partial charge in [0.1, 0.15) is 12.1 Å². The van der Waals surface area contributed by atoms with Gasteiger partial charge in [0.25, 0.3) is 0 Å². The molecule has 0 radical (unpaired) electrons. The fourth-order valence-corrected chi connectivity index (χ4v) is 6.41. The summed E-state index contributed by atoms with van der Waals surface area (Å²) < 4.78 is 28.1. The van der Waals surface area contributed by atoms with Crippen LogP contribution in [-0.2, 0) is 27.2 Å². The van der Waals surface area contributed by atoms with Gasteiger partial charge in [-0.1, -0.05) is 66.7 Å². The summed E-state index contributed by atoms with van der Waals surface area (Å²) in [6, 6.07) is 19.7. The van der Waals surface area contributed by atoms with Crippen molar-refractivity contribution in [3.63, 3.8) is 0 Å². The van der Waals surface area contributed by atoms with Crippen LogP contribution in [0.25, 0.3) is 11.1 Å². The van der Waals surface area contributed by atoms with Crippen LogP contribution in [-0.4, -0.2) is 97.4 Å². The monoisotopic (exact) mass is 701 g/mol. The lowest BCUT2D eigenvalue weighted by Gasteiger charge is -2.34. The van der Waals surface area contributed by atoms with Gasteiger partial charge in [-0.3, -0.25) is 14.4 Å². The largest absolute Gasteiger partial charge is 0.354 e. The third-order valence-corrected chi connectivity index (χ3v) is 10.1. The second-order valence-corrected chi connectivity index (χ2v) is 14.2. The lowest BCUT2D eigenvalue weighted by Crippen LogP contribution is -2.56. The van der Waals surface area contributed by atoms with E-state index in [4.69, 9.17) is 0 Å². The molecule has 3 aromatic rings. The number of nitrogens with one attached hydrogen (secondary N) is 2. The second-order valence-electron chi connectivity index (χ2n) is 14.2. The molecular formula is C41H53F2N5O3. The summed E-state index contributed by atoms with van der Waals surface area (Å²) in [5, 5.41) is 6.21. The SMILES string of the molecule is CNC(C)(C)C/C=C/C(=O)N(C)C(Cc1ccc(-c2ccccc2)cc1)C(=O)N(C)C(Cc1ccc(F)c(F)c1)C(=O)NCCC1CCCN1C. The van der Waals surface area contributed by atoms with E-state index in [9.17, 15) is 23.2 Å². The molecule has 51 heavy (non-hydrogen) atoms. The number of benzene rings is 3. The zero-order chi connectivity index (χ0) is 37.1. The van der Waals surface area contributed by atoms with Crippen LogP contribution in [0.3, 0.4) is 0 Å². The molecule has 10 heteroatoms. The predicted octanol–water partition coefficient (Wildman–Crippen LogP) is 5.62. The van der Waals surface area contributed by atoms with E-state index >= 15 is 0 Å². The normalized spacial score (nSPS) is 16.2. The number of amides is 3. The molecule has 1 fully saturated rings. The number of halogens is 2. The third-order valence-electron chi connectivity index (χ3n) is 10.1. The summed E-state index contributed by atoms with van der Waals surface area (Å²) in [5.74, 6) is -3.21. The molecule has 0 aliphatic carbocycles. The standard InChI is InChI=1S/C41H53F2N5O3/c1-41(2,44-3)23-10-15-38(49)47(5)37(27-29-16-19-32(20-17-29)31-12-8-7-9-13-31)40(51)48(6)36(28-30-18-21-34(42)35(43)26-30)39(50)45-24-22-33-14-11-25-46(33)4/h7-10,12-13,15-21,26,33,36-37,44H,11,14,22-25,27-28H2,1-6H3,(H,45,50)/b15-10+. The summed E-state index contributed by atoms with van der Waals surface area (Å²) in [5.41, 5.74) is 3.06. The van der Waals surface area contributed by atoms with Crippen molar-refractivity contribution in [1.29, 1.82) is 0 Å². The van der Waals surface area contributed by atoms with Crippen LogP contribution in [0.4, 0.5) is 8.78 Å². The first-order chi connectivity index (χ1) is 24.3. The fraction of sp³-hybridized carbons (Fsp3) is 0.439. The van der Waals surface area contributed by atoms with Crippen molar-refractivity contribution in [2.45, 2.75) is 76.0 Å². The number of rotatable bonds is 16. The third kappa shape index (κ3) is 11.0. The Labute approximate surface area is 301 Å². The molecule has 1 saturated heterocycles. The molecule has 1 heterocycles. The molecule has 3 unspecified atom stereocenters. The molecule has 0 aromatic heterocycles. The van der Waals surface area contributed by atoms with Gasteiger partial charge in [0.2, 0.25) is 17.7 Å². The molecule has 3 aromatic carbocycles. The highest BCUT2D eigenvalue weighted by molar-refractivity contribution is 5.95. The summed E-state index contributed by atoms with van der Waals surface area (Å²) >= 11 is 0. The molecule has 0 spiro atoms. The smallest absolute Gasteiger partial charge is 0.246 e. The maximum atomic E-state index is 14.5. The molecule has 1 aliphatic heterocycles. The van der Waals surface area contributed by atoms with E-state index in [2.05, 4.69) is 22.6 Å². The first-order valence-electron chi connectivity index (χ1n) is 17.7. The fourth-order valence-electron chi connectivity index (χ4n) is 6.41. The van der Waals surface area contributed by atoms with Gasteiger partial charge in [-0.05, 0) is 101 Å². The van der Waals surface area contributed by atoms with Gasteiger partial charge in [0, 0.05) is 45.1 Å². The maximum Gasteiger partial charge on any atom is 0.246 e. The Hall–Kier alpha value is -4.41. The van der Waals surface area contributed by atoms with Gasteiger partial charge in [-0.25, -0.2) is 8.78 Å². The zero-order valence-corrected chi connectivity index (χ0v) is 30.8. The first kappa shape index (κ1) is 39.4. The summed E-state index contributed by atoms with van der Waals surface area (Å²) in [4.78, 5) is 47.0. The van der Waals surface area contributed by atoms with Gasteiger partial charge in [-0.15, -0.1) is 0 Å². The minimum atomic E-state index is -1.04. The minimum absolute atomic E-state index is 0.0379. The number of carbonyl (C=O) groups excluding carboxylic acids is 3. The first-order valence-corrected chi connectivity index (χ1v) is 17.7. The highest BCUT2D eigenvalue weighted by Crippen LogP contribution is 2.22. The quantitative estimate of drug-likeness (QED) is 0.190. The molecule has 1 aliphatic rings. The van der Waals surface area contributed by atoms with Gasteiger partial charge in [0.05, 0.1) is 0 Å². The van der Waals surface area contributed by atoms with Crippen LogP contribution < -0.4 is 10.6 Å². The van der Waals surface area contributed by atoms with Crippen LogP contribution in [0.5, 0.6) is 0 Å². The minimum Gasteiger partial charge on any atom is -0.354 e. The molecule has 3 amide bonds. The number of nitrogens with zero attached hydrogens (tertiary/aromatic N) is 3. The summed E-state index contributed by atoms with van der Waals surface area (Å²) in [6.07, 6.45) is 6.94. The predicted molar refractivity (Wildman–Crippen MR) is 199 cm³/mol. The molecule has 8 nitrogen and oxygen atoms in total. The molecule has 274 valence electrons. The summed E-state index contributed by atoms with van der Waals surface area (Å²) in [6.45, 7) is 5.47. The Bertz CT molecular complexity index is 1650. The van der Waals surface area contributed by atoms with Gasteiger partial charge >= 0.3 is 0 Å². The number of hydrogen-bond donors (Lipinski definition) is 2. The zero-order valence-electron chi connectivity index (χ0n) is 30.8. The number of hydrogen-bond acceptors (Lipinski definition) is 5. The van der Waals surface area contributed by atoms with Gasteiger partial charge < -0.3 is 25.3 Å². The molecule has 0 bridgehead atoms.